The Labute approximate surface area is 128 Å². The van der Waals surface area contributed by atoms with Crippen molar-refractivity contribution in [3.8, 4) is 5.75 Å². The van der Waals surface area contributed by atoms with Crippen molar-refractivity contribution in [3.63, 3.8) is 0 Å². The third-order valence-electron chi connectivity index (χ3n) is 4.03. The van der Waals surface area contributed by atoms with E-state index in [2.05, 4.69) is 5.16 Å². The molecule has 1 heterocycles. The van der Waals surface area contributed by atoms with E-state index in [-0.39, 0.29) is 23.7 Å². The largest absolute Gasteiger partial charge is 0.488 e. The third-order valence-corrected chi connectivity index (χ3v) is 4.03. The monoisotopic (exact) mass is 302 g/mol. The summed E-state index contributed by atoms with van der Waals surface area (Å²) in [6.45, 7) is 0. The molecule has 0 saturated heterocycles. The summed E-state index contributed by atoms with van der Waals surface area (Å²) in [6, 6.07) is 10.6. The Morgan fingerprint density at radius 1 is 1.32 bits per heavy atom. The Hall–Kier alpha value is -2.34. The lowest BCUT2D eigenvalue weighted by molar-refractivity contribution is 0.0163. The number of likely N-dealkylation sites (N-methyl/N-ethyl adjacent to an activating group) is 1. The first-order chi connectivity index (χ1) is 10.7. The number of para-hydroxylation sites is 1. The molecule has 1 fully saturated rings. The van der Waals surface area contributed by atoms with Crippen molar-refractivity contribution in [2.75, 3.05) is 7.05 Å². The first kappa shape index (κ1) is 14.6. The van der Waals surface area contributed by atoms with Crippen LogP contribution in [0.5, 0.6) is 5.75 Å². The number of nitrogens with zero attached hydrogens (tertiary/aromatic N) is 2. The maximum atomic E-state index is 12.3. The summed E-state index contributed by atoms with van der Waals surface area (Å²) in [5.41, 5.74) is 0.238. The number of benzene rings is 1. The zero-order valence-corrected chi connectivity index (χ0v) is 12.3. The van der Waals surface area contributed by atoms with Crippen LogP contribution in [0.3, 0.4) is 0 Å². The minimum atomic E-state index is -0.735. The first-order valence-corrected chi connectivity index (χ1v) is 7.24. The van der Waals surface area contributed by atoms with Gasteiger partial charge in [-0.1, -0.05) is 23.4 Å². The molecule has 6 nitrogen and oxygen atoms in total. The van der Waals surface area contributed by atoms with Crippen LogP contribution in [0, 0.1) is 0 Å². The van der Waals surface area contributed by atoms with Crippen LogP contribution in [0.1, 0.15) is 23.3 Å². The molecule has 1 aliphatic carbocycles. The van der Waals surface area contributed by atoms with Crippen molar-refractivity contribution >= 4 is 5.91 Å². The smallest absolute Gasteiger partial charge is 0.276 e. The summed E-state index contributed by atoms with van der Waals surface area (Å²) in [4.78, 5) is 13.8. The second-order valence-electron chi connectivity index (χ2n) is 5.41. The van der Waals surface area contributed by atoms with E-state index in [0.29, 0.717) is 12.8 Å². The number of carbonyl (C=O) groups excluding carboxylic acids is 1. The average Bonchev–Trinajstić information content (AvgIpc) is 3.18. The van der Waals surface area contributed by atoms with Gasteiger partial charge in [-0.3, -0.25) is 4.79 Å². The predicted molar refractivity (Wildman–Crippen MR) is 78.5 cm³/mol. The zero-order valence-electron chi connectivity index (χ0n) is 12.3. The zero-order chi connectivity index (χ0) is 15.5. The van der Waals surface area contributed by atoms with Crippen LogP contribution in [0.4, 0.5) is 0 Å². The molecule has 1 amide bonds. The molecule has 1 saturated carbocycles. The molecule has 0 radical (unpaired) electrons. The molecular formula is C16H18N2O4. The minimum Gasteiger partial charge on any atom is -0.488 e. The van der Waals surface area contributed by atoms with Gasteiger partial charge in [-0.15, -0.1) is 0 Å². The molecule has 22 heavy (non-hydrogen) atoms. The SMILES string of the molecule is CN(C(=O)c1ccon1)[C@@H]1CC[C@H](Oc2ccccc2)[C@H]1O. The Kier molecular flexibility index (Phi) is 4.11. The van der Waals surface area contributed by atoms with Gasteiger partial charge in [0.1, 0.15) is 24.2 Å². The minimum absolute atomic E-state index is 0.238. The standard InChI is InChI=1S/C16H18N2O4/c1-18(16(20)12-9-10-21-17-12)13-7-8-14(15(13)19)22-11-5-3-2-4-6-11/h2-6,9-10,13-15,19H,7-8H2,1H3/t13-,14+,15+/m1/s1. The van der Waals surface area contributed by atoms with Gasteiger partial charge in [-0.05, 0) is 25.0 Å². The van der Waals surface area contributed by atoms with Crippen molar-refractivity contribution in [1.82, 2.24) is 10.1 Å². The second kappa shape index (κ2) is 6.19. The summed E-state index contributed by atoms with van der Waals surface area (Å²) in [5.74, 6) is 0.454. The molecule has 0 unspecified atom stereocenters. The van der Waals surface area contributed by atoms with Gasteiger partial charge >= 0.3 is 0 Å². The fourth-order valence-electron chi connectivity index (χ4n) is 2.80. The van der Waals surface area contributed by atoms with E-state index in [0.717, 1.165) is 5.75 Å². The molecule has 116 valence electrons. The van der Waals surface area contributed by atoms with E-state index >= 15 is 0 Å². The van der Waals surface area contributed by atoms with Crippen LogP contribution in [-0.4, -0.2) is 46.4 Å². The summed E-state index contributed by atoms with van der Waals surface area (Å²) in [6.07, 6.45) is 1.67. The lowest BCUT2D eigenvalue weighted by Crippen LogP contribution is -2.45. The maximum Gasteiger partial charge on any atom is 0.276 e. The Morgan fingerprint density at radius 2 is 2.09 bits per heavy atom. The van der Waals surface area contributed by atoms with Gasteiger partial charge < -0.3 is 19.3 Å². The molecule has 2 aromatic rings. The van der Waals surface area contributed by atoms with Crippen molar-refractivity contribution < 1.29 is 19.2 Å². The fraction of sp³-hybridized carbons (Fsp3) is 0.375. The summed E-state index contributed by atoms with van der Waals surface area (Å²) >= 11 is 0. The van der Waals surface area contributed by atoms with Gasteiger partial charge in [0.2, 0.25) is 0 Å². The molecule has 0 aliphatic heterocycles. The highest BCUT2D eigenvalue weighted by Gasteiger charge is 2.40. The van der Waals surface area contributed by atoms with E-state index in [9.17, 15) is 9.90 Å². The van der Waals surface area contributed by atoms with Crippen molar-refractivity contribution in [1.29, 1.82) is 0 Å². The molecule has 1 aliphatic rings. The number of hydrogen-bond donors (Lipinski definition) is 1. The second-order valence-corrected chi connectivity index (χ2v) is 5.41. The number of hydrogen-bond acceptors (Lipinski definition) is 5. The molecule has 3 rings (SSSR count). The van der Waals surface area contributed by atoms with Crippen LogP contribution in [-0.2, 0) is 0 Å². The van der Waals surface area contributed by atoms with Gasteiger partial charge in [-0.2, -0.15) is 0 Å². The number of aromatic nitrogens is 1. The van der Waals surface area contributed by atoms with Crippen LogP contribution in [0.25, 0.3) is 0 Å². The molecular weight excluding hydrogens is 284 g/mol. The lowest BCUT2D eigenvalue weighted by atomic mass is 10.1. The Balaban J connectivity index is 1.65. The molecule has 1 aromatic carbocycles. The Morgan fingerprint density at radius 3 is 2.77 bits per heavy atom. The highest BCUT2D eigenvalue weighted by molar-refractivity contribution is 5.92. The Bertz CT molecular complexity index is 614. The van der Waals surface area contributed by atoms with Gasteiger partial charge in [0, 0.05) is 13.1 Å². The van der Waals surface area contributed by atoms with E-state index in [1.165, 1.54) is 17.2 Å². The summed E-state index contributed by atoms with van der Waals surface area (Å²) < 4.78 is 10.5. The first-order valence-electron chi connectivity index (χ1n) is 7.24. The van der Waals surface area contributed by atoms with E-state index in [1.807, 2.05) is 30.3 Å². The maximum absolute atomic E-state index is 12.3. The number of ether oxygens (including phenoxy) is 1. The highest BCUT2D eigenvalue weighted by Crippen LogP contribution is 2.28. The average molecular weight is 302 g/mol. The molecule has 1 aromatic heterocycles. The summed E-state index contributed by atoms with van der Waals surface area (Å²) in [7, 11) is 1.66. The summed E-state index contributed by atoms with van der Waals surface area (Å²) in [5, 5.41) is 14.1. The van der Waals surface area contributed by atoms with Gasteiger partial charge in [0.05, 0.1) is 6.04 Å². The van der Waals surface area contributed by atoms with Crippen LogP contribution >= 0.6 is 0 Å². The fourth-order valence-corrected chi connectivity index (χ4v) is 2.80. The number of amides is 1. The van der Waals surface area contributed by atoms with E-state index in [4.69, 9.17) is 9.26 Å². The molecule has 0 spiro atoms. The molecule has 3 atom stereocenters. The third kappa shape index (κ3) is 2.82. The molecule has 6 heteroatoms. The molecule has 1 N–H and O–H groups in total. The van der Waals surface area contributed by atoms with Crippen LogP contribution in [0.2, 0.25) is 0 Å². The number of aliphatic hydroxyl groups is 1. The number of rotatable bonds is 4. The van der Waals surface area contributed by atoms with Crippen LogP contribution in [0.15, 0.2) is 47.2 Å². The topological polar surface area (TPSA) is 75.8 Å². The quantitative estimate of drug-likeness (QED) is 0.930. The highest BCUT2D eigenvalue weighted by atomic mass is 16.5. The van der Waals surface area contributed by atoms with Gasteiger partial charge in [0.15, 0.2) is 5.69 Å². The van der Waals surface area contributed by atoms with Crippen LogP contribution < -0.4 is 4.74 Å². The van der Waals surface area contributed by atoms with Gasteiger partial charge in [-0.25, -0.2) is 0 Å². The van der Waals surface area contributed by atoms with Gasteiger partial charge in [0.25, 0.3) is 5.91 Å². The number of carbonyl (C=O) groups is 1. The predicted octanol–water partition coefficient (Wildman–Crippen LogP) is 1.72. The molecule has 0 bridgehead atoms. The van der Waals surface area contributed by atoms with Crippen molar-refractivity contribution in [2.45, 2.75) is 31.1 Å². The van der Waals surface area contributed by atoms with E-state index in [1.54, 1.807) is 7.05 Å². The number of aliphatic hydroxyl groups excluding tert-OH is 1. The normalized spacial score (nSPS) is 24.2. The van der Waals surface area contributed by atoms with E-state index < -0.39 is 6.10 Å². The van der Waals surface area contributed by atoms with Crippen molar-refractivity contribution in [3.05, 3.63) is 48.4 Å². The lowest BCUT2D eigenvalue weighted by Gasteiger charge is -2.28. The van der Waals surface area contributed by atoms with Crippen molar-refractivity contribution in [2.24, 2.45) is 0 Å².